The number of carbonyl (C=O) groups excluding carboxylic acids is 2. The summed E-state index contributed by atoms with van der Waals surface area (Å²) in [6, 6.07) is 14.4. The van der Waals surface area contributed by atoms with E-state index >= 15 is 0 Å². The highest BCUT2D eigenvalue weighted by molar-refractivity contribution is 7.80. The highest BCUT2D eigenvalue weighted by Crippen LogP contribution is 2.28. The smallest absolute Gasteiger partial charge is 0.242 e. The standard InChI is InChI=1S/C17H14N2O2S3/c20-16(18-13-7-3-9-23-13)15(11-5-1-2-6-12(11)22)17(21)19-14-8-4-10-24-14/h1-10,15,22H,(H,18,20)(H,19,21). The van der Waals surface area contributed by atoms with E-state index in [9.17, 15) is 9.59 Å². The molecule has 0 aliphatic rings. The lowest BCUT2D eigenvalue weighted by Gasteiger charge is -2.17. The van der Waals surface area contributed by atoms with Crippen molar-refractivity contribution in [3.63, 3.8) is 0 Å². The van der Waals surface area contributed by atoms with Crippen LogP contribution in [0.2, 0.25) is 0 Å². The summed E-state index contributed by atoms with van der Waals surface area (Å²) in [5.41, 5.74) is 0.573. The van der Waals surface area contributed by atoms with Gasteiger partial charge in [0, 0.05) is 4.90 Å². The van der Waals surface area contributed by atoms with Gasteiger partial charge in [0.25, 0.3) is 0 Å². The first-order valence-corrected chi connectivity index (χ1v) is 9.32. The molecule has 4 nitrogen and oxygen atoms in total. The zero-order chi connectivity index (χ0) is 16.9. The van der Waals surface area contributed by atoms with Crippen LogP contribution in [0.5, 0.6) is 0 Å². The fourth-order valence-electron chi connectivity index (χ4n) is 2.22. The normalized spacial score (nSPS) is 10.6. The molecule has 1 aromatic carbocycles. The zero-order valence-electron chi connectivity index (χ0n) is 12.4. The van der Waals surface area contributed by atoms with Crippen molar-refractivity contribution in [3.05, 3.63) is 64.9 Å². The summed E-state index contributed by atoms with van der Waals surface area (Å²) < 4.78 is 0. The summed E-state index contributed by atoms with van der Waals surface area (Å²) in [4.78, 5) is 26.1. The van der Waals surface area contributed by atoms with Crippen molar-refractivity contribution < 1.29 is 9.59 Å². The van der Waals surface area contributed by atoms with Crippen LogP contribution in [0.3, 0.4) is 0 Å². The van der Waals surface area contributed by atoms with Crippen molar-refractivity contribution in [1.82, 2.24) is 0 Å². The number of thiophene rings is 2. The first-order valence-electron chi connectivity index (χ1n) is 7.12. The van der Waals surface area contributed by atoms with Gasteiger partial charge in [-0.05, 0) is 46.7 Å². The fraction of sp³-hybridized carbons (Fsp3) is 0.0588. The highest BCUT2D eigenvalue weighted by atomic mass is 32.1. The Morgan fingerprint density at radius 3 is 1.83 bits per heavy atom. The molecule has 122 valence electrons. The van der Waals surface area contributed by atoms with Crippen molar-refractivity contribution >= 4 is 57.1 Å². The van der Waals surface area contributed by atoms with E-state index in [-0.39, 0.29) is 11.8 Å². The Bertz CT molecular complexity index is 781. The Morgan fingerprint density at radius 1 is 0.833 bits per heavy atom. The molecule has 2 N–H and O–H groups in total. The maximum absolute atomic E-state index is 12.7. The molecule has 3 aromatic rings. The molecular weight excluding hydrogens is 360 g/mol. The van der Waals surface area contributed by atoms with Crippen molar-refractivity contribution in [2.24, 2.45) is 0 Å². The molecule has 2 aromatic heterocycles. The van der Waals surface area contributed by atoms with Crippen LogP contribution in [0.1, 0.15) is 11.5 Å². The SMILES string of the molecule is O=C(Nc1cccs1)C(C(=O)Nc1cccs1)c1ccccc1S. The number of hydrogen-bond donors (Lipinski definition) is 3. The van der Waals surface area contributed by atoms with Gasteiger partial charge >= 0.3 is 0 Å². The van der Waals surface area contributed by atoms with E-state index in [4.69, 9.17) is 0 Å². The molecule has 2 heterocycles. The predicted octanol–water partition coefficient (Wildman–Crippen LogP) is 4.46. The Morgan fingerprint density at radius 2 is 1.38 bits per heavy atom. The molecule has 0 saturated heterocycles. The summed E-state index contributed by atoms with van der Waals surface area (Å²) in [6.07, 6.45) is 0. The lowest BCUT2D eigenvalue weighted by Crippen LogP contribution is -2.32. The van der Waals surface area contributed by atoms with Gasteiger partial charge in [-0.3, -0.25) is 9.59 Å². The largest absolute Gasteiger partial charge is 0.317 e. The van der Waals surface area contributed by atoms with Gasteiger partial charge < -0.3 is 10.6 Å². The Hall–Kier alpha value is -2.09. The number of rotatable bonds is 5. The second-order valence-corrected chi connectivity index (χ2v) is 7.30. The topological polar surface area (TPSA) is 58.2 Å². The third-order valence-electron chi connectivity index (χ3n) is 3.31. The number of amides is 2. The summed E-state index contributed by atoms with van der Waals surface area (Å²) >= 11 is 7.21. The molecule has 0 fully saturated rings. The molecule has 0 aliphatic carbocycles. The Balaban J connectivity index is 1.89. The van der Waals surface area contributed by atoms with Crippen LogP contribution in [-0.2, 0) is 9.59 Å². The van der Waals surface area contributed by atoms with E-state index in [2.05, 4.69) is 23.3 Å². The third kappa shape index (κ3) is 3.87. The molecule has 0 bridgehead atoms. The summed E-state index contributed by atoms with van der Waals surface area (Å²) in [6.45, 7) is 0. The Kier molecular flexibility index (Phi) is 5.34. The van der Waals surface area contributed by atoms with Gasteiger partial charge in [-0.1, -0.05) is 18.2 Å². The molecule has 0 unspecified atom stereocenters. The van der Waals surface area contributed by atoms with Crippen LogP contribution in [0.4, 0.5) is 10.0 Å². The molecule has 7 heteroatoms. The molecule has 2 amide bonds. The maximum atomic E-state index is 12.7. The van der Waals surface area contributed by atoms with Gasteiger partial charge in [-0.15, -0.1) is 35.3 Å². The molecule has 24 heavy (non-hydrogen) atoms. The second kappa shape index (κ2) is 7.65. The number of carbonyl (C=O) groups is 2. The minimum absolute atomic E-state index is 0.381. The van der Waals surface area contributed by atoms with Crippen LogP contribution >= 0.6 is 35.3 Å². The Labute approximate surface area is 152 Å². The van der Waals surface area contributed by atoms with Crippen LogP contribution in [0.15, 0.2) is 64.2 Å². The van der Waals surface area contributed by atoms with E-state index in [1.165, 1.54) is 22.7 Å². The van der Waals surface area contributed by atoms with E-state index in [0.29, 0.717) is 20.5 Å². The van der Waals surface area contributed by atoms with Crippen molar-refractivity contribution in [2.45, 2.75) is 10.8 Å². The van der Waals surface area contributed by atoms with Crippen LogP contribution in [-0.4, -0.2) is 11.8 Å². The first-order chi connectivity index (χ1) is 11.6. The first kappa shape index (κ1) is 16.8. The molecule has 0 atom stereocenters. The number of nitrogens with one attached hydrogen (secondary N) is 2. The molecule has 0 saturated carbocycles. The minimum Gasteiger partial charge on any atom is -0.317 e. The van der Waals surface area contributed by atoms with Crippen molar-refractivity contribution in [1.29, 1.82) is 0 Å². The van der Waals surface area contributed by atoms with Gasteiger partial charge in [0.05, 0.1) is 10.0 Å². The number of thiol groups is 1. The maximum Gasteiger partial charge on any atom is 0.242 e. The van der Waals surface area contributed by atoms with Gasteiger partial charge in [0.1, 0.15) is 5.92 Å². The summed E-state index contributed by atoms with van der Waals surface area (Å²) in [5.74, 6) is -1.75. The van der Waals surface area contributed by atoms with Gasteiger partial charge in [0.15, 0.2) is 0 Å². The van der Waals surface area contributed by atoms with E-state index in [1.807, 2.05) is 29.0 Å². The number of anilines is 2. The predicted molar refractivity (Wildman–Crippen MR) is 102 cm³/mol. The summed E-state index contributed by atoms with van der Waals surface area (Å²) in [5, 5.41) is 10.7. The van der Waals surface area contributed by atoms with E-state index in [0.717, 1.165) is 0 Å². The highest BCUT2D eigenvalue weighted by Gasteiger charge is 2.30. The second-order valence-electron chi connectivity index (χ2n) is 4.92. The van der Waals surface area contributed by atoms with Crippen LogP contribution in [0.25, 0.3) is 0 Å². The van der Waals surface area contributed by atoms with Gasteiger partial charge in [-0.2, -0.15) is 0 Å². The average molecular weight is 375 g/mol. The van der Waals surface area contributed by atoms with Gasteiger partial charge in [-0.25, -0.2) is 0 Å². The van der Waals surface area contributed by atoms with Crippen molar-refractivity contribution in [3.8, 4) is 0 Å². The summed E-state index contributed by atoms with van der Waals surface area (Å²) in [7, 11) is 0. The molecule has 0 aliphatic heterocycles. The lowest BCUT2D eigenvalue weighted by atomic mass is 9.97. The fourth-order valence-corrected chi connectivity index (χ4v) is 3.75. The average Bonchev–Trinajstić information content (AvgIpc) is 3.23. The number of benzene rings is 1. The minimum atomic E-state index is -0.983. The molecule has 3 rings (SSSR count). The third-order valence-corrected chi connectivity index (χ3v) is 5.29. The van der Waals surface area contributed by atoms with E-state index in [1.54, 1.807) is 30.3 Å². The van der Waals surface area contributed by atoms with Crippen LogP contribution < -0.4 is 10.6 Å². The van der Waals surface area contributed by atoms with Crippen LogP contribution in [0, 0.1) is 0 Å². The van der Waals surface area contributed by atoms with Gasteiger partial charge in [0.2, 0.25) is 11.8 Å². The lowest BCUT2D eigenvalue weighted by molar-refractivity contribution is -0.126. The van der Waals surface area contributed by atoms with E-state index < -0.39 is 5.92 Å². The molecule has 0 spiro atoms. The molecule has 0 radical (unpaired) electrons. The quantitative estimate of drug-likeness (QED) is 0.456. The zero-order valence-corrected chi connectivity index (χ0v) is 15.0. The molecular formula is C17H14N2O2S3. The van der Waals surface area contributed by atoms with Crippen molar-refractivity contribution in [2.75, 3.05) is 10.6 Å². The monoisotopic (exact) mass is 374 g/mol. The number of hydrogen-bond acceptors (Lipinski definition) is 5.